The number of hydrogen-bond donors (Lipinski definition) is 1. The molecule has 0 fully saturated rings. The first-order valence-corrected chi connectivity index (χ1v) is 7.15. The van der Waals surface area contributed by atoms with Crippen LogP contribution in [0.5, 0.6) is 11.5 Å². The van der Waals surface area contributed by atoms with Crippen molar-refractivity contribution in [1.29, 1.82) is 0 Å². The van der Waals surface area contributed by atoms with Gasteiger partial charge < -0.3 is 14.8 Å². The normalized spacial score (nSPS) is 10.6. The van der Waals surface area contributed by atoms with E-state index in [2.05, 4.69) is 22.3 Å². The van der Waals surface area contributed by atoms with E-state index >= 15 is 0 Å². The summed E-state index contributed by atoms with van der Waals surface area (Å²) in [6, 6.07) is 5.86. The van der Waals surface area contributed by atoms with E-state index in [1.165, 1.54) is 0 Å². The molecular weight excluding hydrogens is 268 g/mol. The van der Waals surface area contributed by atoms with Crippen molar-refractivity contribution < 1.29 is 9.47 Å². The van der Waals surface area contributed by atoms with E-state index in [1.54, 1.807) is 13.4 Å². The molecule has 6 heteroatoms. The van der Waals surface area contributed by atoms with Gasteiger partial charge in [-0.2, -0.15) is 5.10 Å². The number of rotatable bonds is 8. The molecule has 0 spiro atoms. The number of benzene rings is 1. The summed E-state index contributed by atoms with van der Waals surface area (Å²) < 4.78 is 13.0. The third-order valence-electron chi connectivity index (χ3n) is 3.19. The molecule has 2 aromatic rings. The van der Waals surface area contributed by atoms with Crippen LogP contribution in [-0.4, -0.2) is 28.4 Å². The van der Waals surface area contributed by atoms with Crippen molar-refractivity contribution in [3.8, 4) is 11.5 Å². The Bertz CT molecular complexity index is 569. The van der Waals surface area contributed by atoms with Crippen LogP contribution in [0.1, 0.15) is 25.2 Å². The van der Waals surface area contributed by atoms with Gasteiger partial charge in [0.1, 0.15) is 24.4 Å². The summed E-state index contributed by atoms with van der Waals surface area (Å²) in [5, 5.41) is 7.45. The van der Waals surface area contributed by atoms with Crippen molar-refractivity contribution in [2.75, 3.05) is 13.7 Å². The van der Waals surface area contributed by atoms with Crippen molar-refractivity contribution >= 4 is 0 Å². The molecule has 0 aliphatic carbocycles. The Balaban J connectivity index is 2.12. The third kappa shape index (κ3) is 3.95. The van der Waals surface area contributed by atoms with Crippen molar-refractivity contribution in [2.24, 2.45) is 0 Å². The van der Waals surface area contributed by atoms with E-state index in [0.717, 1.165) is 42.5 Å². The zero-order valence-electron chi connectivity index (χ0n) is 12.8. The third-order valence-corrected chi connectivity index (χ3v) is 3.19. The second kappa shape index (κ2) is 7.64. The molecule has 1 aromatic carbocycles. The lowest BCUT2D eigenvalue weighted by Crippen LogP contribution is -2.13. The number of nitrogens with zero attached hydrogens (tertiary/aromatic N) is 3. The summed E-state index contributed by atoms with van der Waals surface area (Å²) in [5.41, 5.74) is 1.10. The Morgan fingerprint density at radius 2 is 2.14 bits per heavy atom. The highest BCUT2D eigenvalue weighted by molar-refractivity contribution is 5.40. The van der Waals surface area contributed by atoms with Crippen LogP contribution in [0.4, 0.5) is 0 Å². The zero-order valence-corrected chi connectivity index (χ0v) is 12.8. The lowest BCUT2D eigenvalue weighted by Gasteiger charge is -2.13. The minimum Gasteiger partial charge on any atom is -0.497 e. The van der Waals surface area contributed by atoms with E-state index in [-0.39, 0.29) is 0 Å². The maximum atomic E-state index is 5.92. The van der Waals surface area contributed by atoms with Gasteiger partial charge in [-0.15, -0.1) is 0 Å². The lowest BCUT2D eigenvalue weighted by molar-refractivity contribution is 0.282. The van der Waals surface area contributed by atoms with Crippen LogP contribution in [0.2, 0.25) is 0 Å². The highest BCUT2D eigenvalue weighted by Gasteiger charge is 2.08. The molecule has 1 aromatic heterocycles. The number of nitrogens with one attached hydrogen (secondary N) is 1. The van der Waals surface area contributed by atoms with Gasteiger partial charge in [0.2, 0.25) is 0 Å². The lowest BCUT2D eigenvalue weighted by atomic mass is 10.2. The average Bonchev–Trinajstić information content (AvgIpc) is 2.98. The van der Waals surface area contributed by atoms with Gasteiger partial charge in [0.15, 0.2) is 5.82 Å². The highest BCUT2D eigenvalue weighted by atomic mass is 16.5. The second-order valence-corrected chi connectivity index (χ2v) is 4.53. The summed E-state index contributed by atoms with van der Waals surface area (Å²) in [4.78, 5) is 4.22. The van der Waals surface area contributed by atoms with Crippen LogP contribution >= 0.6 is 0 Å². The van der Waals surface area contributed by atoms with Gasteiger partial charge in [0.25, 0.3) is 0 Å². The van der Waals surface area contributed by atoms with Crippen LogP contribution in [0.15, 0.2) is 24.5 Å². The summed E-state index contributed by atoms with van der Waals surface area (Å²) >= 11 is 0. The molecule has 0 aliphatic heterocycles. The number of methoxy groups -OCH3 is 1. The summed E-state index contributed by atoms with van der Waals surface area (Å²) in [6.07, 6.45) is 1.55. The van der Waals surface area contributed by atoms with Crippen LogP contribution in [0.25, 0.3) is 0 Å². The maximum Gasteiger partial charge on any atom is 0.164 e. The van der Waals surface area contributed by atoms with E-state index in [0.29, 0.717) is 6.61 Å². The highest BCUT2D eigenvalue weighted by Crippen LogP contribution is 2.25. The molecule has 0 atom stereocenters. The molecule has 0 saturated heterocycles. The Hall–Kier alpha value is -2.08. The largest absolute Gasteiger partial charge is 0.497 e. The van der Waals surface area contributed by atoms with Gasteiger partial charge in [0, 0.05) is 24.7 Å². The minimum atomic E-state index is 0.389. The van der Waals surface area contributed by atoms with E-state index < -0.39 is 0 Å². The minimum absolute atomic E-state index is 0.389. The molecule has 21 heavy (non-hydrogen) atoms. The van der Waals surface area contributed by atoms with Gasteiger partial charge in [-0.1, -0.05) is 13.0 Å². The van der Waals surface area contributed by atoms with Gasteiger partial charge in [0.05, 0.1) is 7.11 Å². The molecule has 2 rings (SSSR count). The standard InChI is InChI=1S/C15H22N4O2/c1-4-16-9-12-6-7-13(20-3)8-14(12)21-10-15-17-11-18-19(15)5-2/h6-8,11,16H,4-5,9-10H2,1-3H3. The zero-order chi connectivity index (χ0) is 15.1. The molecule has 1 heterocycles. The fourth-order valence-corrected chi connectivity index (χ4v) is 2.01. The summed E-state index contributed by atoms with van der Waals surface area (Å²) in [6.45, 7) is 6.95. The summed E-state index contributed by atoms with van der Waals surface area (Å²) in [7, 11) is 1.65. The van der Waals surface area contributed by atoms with Crippen molar-refractivity contribution in [2.45, 2.75) is 33.5 Å². The molecule has 0 radical (unpaired) electrons. The van der Waals surface area contributed by atoms with E-state index in [4.69, 9.17) is 9.47 Å². The van der Waals surface area contributed by atoms with E-state index in [1.807, 2.05) is 29.8 Å². The Morgan fingerprint density at radius 1 is 1.29 bits per heavy atom. The van der Waals surface area contributed by atoms with Crippen molar-refractivity contribution in [3.05, 3.63) is 35.9 Å². The fourth-order valence-electron chi connectivity index (χ4n) is 2.01. The molecule has 0 aliphatic rings. The molecule has 6 nitrogen and oxygen atoms in total. The number of ether oxygens (including phenoxy) is 2. The summed E-state index contributed by atoms with van der Waals surface area (Å²) in [5.74, 6) is 2.40. The number of aromatic nitrogens is 3. The Labute approximate surface area is 125 Å². The fraction of sp³-hybridized carbons (Fsp3) is 0.467. The van der Waals surface area contributed by atoms with Crippen LogP contribution in [0, 0.1) is 0 Å². The maximum absolute atomic E-state index is 5.92. The molecule has 0 saturated carbocycles. The van der Waals surface area contributed by atoms with Gasteiger partial charge in [-0.25, -0.2) is 9.67 Å². The predicted octanol–water partition coefficient (Wildman–Crippen LogP) is 2.00. The first-order chi connectivity index (χ1) is 10.3. The average molecular weight is 290 g/mol. The molecule has 0 unspecified atom stereocenters. The SMILES string of the molecule is CCNCc1ccc(OC)cc1OCc1ncnn1CC. The van der Waals surface area contributed by atoms with Gasteiger partial charge >= 0.3 is 0 Å². The number of aryl methyl sites for hydroxylation is 1. The quantitative estimate of drug-likeness (QED) is 0.805. The first kappa shape index (κ1) is 15.3. The predicted molar refractivity (Wildman–Crippen MR) is 80.4 cm³/mol. The van der Waals surface area contributed by atoms with Crippen LogP contribution in [-0.2, 0) is 19.7 Å². The Morgan fingerprint density at radius 3 is 2.86 bits per heavy atom. The van der Waals surface area contributed by atoms with Crippen LogP contribution < -0.4 is 14.8 Å². The monoisotopic (exact) mass is 290 g/mol. The molecule has 114 valence electrons. The molecule has 0 bridgehead atoms. The molecular formula is C15H22N4O2. The smallest absolute Gasteiger partial charge is 0.164 e. The topological polar surface area (TPSA) is 61.2 Å². The van der Waals surface area contributed by atoms with Gasteiger partial charge in [-0.3, -0.25) is 0 Å². The molecule has 1 N–H and O–H groups in total. The molecule has 0 amide bonds. The van der Waals surface area contributed by atoms with Crippen molar-refractivity contribution in [3.63, 3.8) is 0 Å². The Kier molecular flexibility index (Phi) is 5.57. The van der Waals surface area contributed by atoms with E-state index in [9.17, 15) is 0 Å². The second-order valence-electron chi connectivity index (χ2n) is 4.53. The number of hydrogen-bond acceptors (Lipinski definition) is 5. The first-order valence-electron chi connectivity index (χ1n) is 7.15. The van der Waals surface area contributed by atoms with Crippen LogP contribution in [0.3, 0.4) is 0 Å². The van der Waals surface area contributed by atoms with Gasteiger partial charge in [-0.05, 0) is 19.5 Å². The van der Waals surface area contributed by atoms with Crippen molar-refractivity contribution in [1.82, 2.24) is 20.1 Å².